The zero-order chi connectivity index (χ0) is 11.7. The zero-order valence-electron chi connectivity index (χ0n) is 9.49. The average molecular weight is 237 g/mol. The molecule has 0 spiro atoms. The number of nitrogens with zero attached hydrogens (tertiary/aromatic N) is 2. The molecule has 0 bridgehead atoms. The Morgan fingerprint density at radius 2 is 2.38 bits per heavy atom. The van der Waals surface area contributed by atoms with Crippen LogP contribution in [0.1, 0.15) is 18.2 Å². The van der Waals surface area contributed by atoms with E-state index < -0.39 is 0 Å². The predicted octanol–water partition coefficient (Wildman–Crippen LogP) is 2.06. The van der Waals surface area contributed by atoms with Crippen LogP contribution in [0.3, 0.4) is 0 Å². The lowest BCUT2D eigenvalue weighted by atomic mass is 10.2. The van der Waals surface area contributed by atoms with E-state index in [0.717, 1.165) is 18.1 Å². The Kier molecular flexibility index (Phi) is 2.92. The molecule has 0 saturated carbocycles. The average Bonchev–Trinajstić information content (AvgIpc) is 2.82. The summed E-state index contributed by atoms with van der Waals surface area (Å²) in [7, 11) is 1.60. The zero-order valence-corrected chi connectivity index (χ0v) is 10.3. The highest BCUT2D eigenvalue weighted by Crippen LogP contribution is 2.45. The van der Waals surface area contributed by atoms with Crippen molar-refractivity contribution in [1.82, 2.24) is 0 Å². The first kappa shape index (κ1) is 11.1. The topological polar surface area (TPSA) is 62.3 Å². The number of ether oxygens (including phenoxy) is 1. The van der Waals surface area contributed by atoms with Crippen LogP contribution in [-0.2, 0) is 0 Å². The normalized spacial score (nSPS) is 19.8. The maximum Gasteiger partial charge on any atom is 0.177 e. The highest BCUT2D eigenvalue weighted by molar-refractivity contribution is 7.17. The van der Waals surface area contributed by atoms with Crippen molar-refractivity contribution in [3.63, 3.8) is 0 Å². The van der Waals surface area contributed by atoms with Gasteiger partial charge in [-0.05, 0) is 12.3 Å². The molecule has 1 aromatic heterocycles. The van der Waals surface area contributed by atoms with Crippen LogP contribution >= 0.6 is 11.3 Å². The fourth-order valence-electron chi connectivity index (χ4n) is 2.02. The number of nitrogen functional groups attached to an aromatic ring is 1. The second-order valence-electron chi connectivity index (χ2n) is 4.13. The minimum atomic E-state index is 0.476. The van der Waals surface area contributed by atoms with Gasteiger partial charge in [0, 0.05) is 13.1 Å². The summed E-state index contributed by atoms with van der Waals surface area (Å²) in [6.45, 7) is 4.26. The Hall–Kier alpha value is -1.41. The lowest BCUT2D eigenvalue weighted by molar-refractivity contribution is 0.418. The van der Waals surface area contributed by atoms with E-state index in [4.69, 9.17) is 15.7 Å². The predicted molar refractivity (Wildman–Crippen MR) is 66.0 cm³/mol. The number of nitrogens with two attached hydrogens (primary N) is 1. The summed E-state index contributed by atoms with van der Waals surface area (Å²) in [6.07, 6.45) is 1.18. The minimum absolute atomic E-state index is 0.476. The summed E-state index contributed by atoms with van der Waals surface area (Å²) in [6, 6.07) is 2.11. The summed E-state index contributed by atoms with van der Waals surface area (Å²) in [5.41, 5.74) is 6.34. The van der Waals surface area contributed by atoms with Gasteiger partial charge < -0.3 is 15.4 Å². The molecule has 1 aliphatic heterocycles. The molecule has 0 radical (unpaired) electrons. The molecule has 1 aliphatic rings. The summed E-state index contributed by atoms with van der Waals surface area (Å²) in [5.74, 6) is 1.36. The molecule has 16 heavy (non-hydrogen) atoms. The van der Waals surface area contributed by atoms with Crippen molar-refractivity contribution in [3.8, 4) is 11.8 Å². The van der Waals surface area contributed by atoms with Crippen LogP contribution in [0.5, 0.6) is 5.75 Å². The van der Waals surface area contributed by atoms with Crippen molar-refractivity contribution in [1.29, 1.82) is 5.26 Å². The Labute approximate surface area is 99.2 Å². The molecular weight excluding hydrogens is 222 g/mol. The maximum atomic E-state index is 8.95. The first-order chi connectivity index (χ1) is 7.67. The summed E-state index contributed by atoms with van der Waals surface area (Å²) >= 11 is 1.42. The van der Waals surface area contributed by atoms with E-state index in [0.29, 0.717) is 22.2 Å². The molecule has 86 valence electrons. The van der Waals surface area contributed by atoms with Gasteiger partial charge in [-0.1, -0.05) is 6.92 Å². The molecule has 2 heterocycles. The van der Waals surface area contributed by atoms with Crippen LogP contribution < -0.4 is 15.4 Å². The first-order valence-electron chi connectivity index (χ1n) is 5.28. The smallest absolute Gasteiger partial charge is 0.177 e. The van der Waals surface area contributed by atoms with E-state index in [1.807, 2.05) is 0 Å². The standard InChI is InChI=1S/C11H15N3OS/c1-7-3-4-14(6-7)11-10(15-2)9(13)8(5-12)16-11/h7H,3-4,6,13H2,1-2H3. The van der Waals surface area contributed by atoms with Gasteiger partial charge in [0.25, 0.3) is 0 Å². The SMILES string of the molecule is COc1c(N2CCC(C)C2)sc(C#N)c1N. The molecule has 0 amide bonds. The molecule has 1 aromatic rings. The van der Waals surface area contributed by atoms with Crippen molar-refractivity contribution in [3.05, 3.63) is 4.88 Å². The van der Waals surface area contributed by atoms with Crippen LogP contribution in [0.4, 0.5) is 10.7 Å². The monoisotopic (exact) mass is 237 g/mol. The molecule has 2 N–H and O–H groups in total. The summed E-state index contributed by atoms with van der Waals surface area (Å²) in [4.78, 5) is 2.80. The van der Waals surface area contributed by atoms with Crippen molar-refractivity contribution < 1.29 is 4.74 Å². The summed E-state index contributed by atoms with van der Waals surface area (Å²) in [5, 5.41) is 9.95. The number of anilines is 2. The second-order valence-corrected chi connectivity index (χ2v) is 5.13. The van der Waals surface area contributed by atoms with Crippen molar-refractivity contribution in [2.75, 3.05) is 30.8 Å². The van der Waals surface area contributed by atoms with E-state index >= 15 is 0 Å². The van der Waals surface area contributed by atoms with Gasteiger partial charge in [-0.15, -0.1) is 11.3 Å². The second kappa shape index (κ2) is 4.22. The number of thiophene rings is 1. The van der Waals surface area contributed by atoms with Gasteiger partial charge in [0.1, 0.15) is 21.6 Å². The van der Waals surface area contributed by atoms with Gasteiger partial charge in [0.05, 0.1) is 7.11 Å². The molecule has 1 atom stereocenters. The molecule has 1 saturated heterocycles. The van der Waals surface area contributed by atoms with Crippen molar-refractivity contribution in [2.45, 2.75) is 13.3 Å². The Balaban J connectivity index is 2.37. The number of methoxy groups -OCH3 is 1. The van der Waals surface area contributed by atoms with Gasteiger partial charge >= 0.3 is 0 Å². The van der Waals surface area contributed by atoms with Crippen LogP contribution in [-0.4, -0.2) is 20.2 Å². The largest absolute Gasteiger partial charge is 0.492 e. The van der Waals surface area contributed by atoms with Gasteiger partial charge in [-0.3, -0.25) is 0 Å². The lowest BCUT2D eigenvalue weighted by Gasteiger charge is -2.17. The molecule has 0 aliphatic carbocycles. The van der Waals surface area contributed by atoms with E-state index in [-0.39, 0.29) is 0 Å². The first-order valence-corrected chi connectivity index (χ1v) is 6.10. The van der Waals surface area contributed by atoms with Gasteiger partial charge in [0.15, 0.2) is 5.75 Å². The highest BCUT2D eigenvalue weighted by atomic mass is 32.1. The van der Waals surface area contributed by atoms with Crippen LogP contribution in [0.2, 0.25) is 0 Å². The van der Waals surface area contributed by atoms with Crippen molar-refractivity contribution >= 4 is 22.0 Å². The number of hydrogen-bond acceptors (Lipinski definition) is 5. The third-order valence-electron chi connectivity index (χ3n) is 2.90. The number of nitriles is 1. The molecule has 5 heteroatoms. The van der Waals surface area contributed by atoms with E-state index in [9.17, 15) is 0 Å². The minimum Gasteiger partial charge on any atom is -0.492 e. The molecule has 4 nitrogen and oxygen atoms in total. The van der Waals surface area contributed by atoms with Gasteiger partial charge in [-0.2, -0.15) is 5.26 Å². The van der Waals surface area contributed by atoms with Crippen molar-refractivity contribution in [2.24, 2.45) is 5.92 Å². The molecular formula is C11H15N3OS. The Morgan fingerprint density at radius 1 is 1.62 bits per heavy atom. The maximum absolute atomic E-state index is 8.95. The molecule has 1 fully saturated rings. The number of hydrogen-bond donors (Lipinski definition) is 1. The molecule has 0 aromatic carbocycles. The van der Waals surface area contributed by atoms with E-state index in [1.165, 1.54) is 17.8 Å². The van der Waals surface area contributed by atoms with Gasteiger partial charge in [0.2, 0.25) is 0 Å². The van der Waals surface area contributed by atoms with Gasteiger partial charge in [-0.25, -0.2) is 0 Å². The van der Waals surface area contributed by atoms with Crippen LogP contribution in [0.15, 0.2) is 0 Å². The highest BCUT2D eigenvalue weighted by Gasteiger charge is 2.26. The third-order valence-corrected chi connectivity index (χ3v) is 4.05. The third kappa shape index (κ3) is 1.69. The van der Waals surface area contributed by atoms with E-state index in [1.54, 1.807) is 7.11 Å². The number of rotatable bonds is 2. The molecule has 1 unspecified atom stereocenters. The summed E-state index contributed by atoms with van der Waals surface area (Å²) < 4.78 is 5.30. The van der Waals surface area contributed by atoms with E-state index in [2.05, 4.69) is 17.9 Å². The lowest BCUT2D eigenvalue weighted by Crippen LogP contribution is -2.18. The fourth-order valence-corrected chi connectivity index (χ4v) is 3.05. The quantitative estimate of drug-likeness (QED) is 0.855. The fraction of sp³-hybridized carbons (Fsp3) is 0.545. The molecule has 2 rings (SSSR count). The van der Waals surface area contributed by atoms with Crippen LogP contribution in [0.25, 0.3) is 0 Å². The van der Waals surface area contributed by atoms with Crippen LogP contribution in [0, 0.1) is 17.2 Å². The Morgan fingerprint density at radius 3 is 2.88 bits per heavy atom. The Bertz CT molecular complexity index is 435.